The minimum absolute atomic E-state index is 0.289. The van der Waals surface area contributed by atoms with E-state index < -0.39 is 10.1 Å². The van der Waals surface area contributed by atoms with Gasteiger partial charge in [-0.1, -0.05) is 6.92 Å². The zero-order chi connectivity index (χ0) is 27.9. The molecule has 1 atom stereocenters. The van der Waals surface area contributed by atoms with E-state index in [0.717, 1.165) is 48.6 Å². The van der Waals surface area contributed by atoms with Gasteiger partial charge in [-0.25, -0.2) is 4.68 Å². The zero-order valence-corrected chi connectivity index (χ0v) is 24.0. The molecule has 0 spiro atoms. The summed E-state index contributed by atoms with van der Waals surface area (Å²) >= 11 is 0. The maximum atomic E-state index is 13.5. The monoisotopic (exact) mass is 564 g/mol. The number of rotatable bonds is 2. The van der Waals surface area contributed by atoms with Gasteiger partial charge in [-0.2, -0.15) is 10.1 Å². The van der Waals surface area contributed by atoms with E-state index in [9.17, 15) is 9.00 Å². The maximum Gasteiger partial charge on any atom is 0.280 e. The van der Waals surface area contributed by atoms with Gasteiger partial charge in [0.15, 0.2) is 0 Å². The van der Waals surface area contributed by atoms with Crippen molar-refractivity contribution in [3.63, 3.8) is 0 Å². The van der Waals surface area contributed by atoms with Crippen LogP contribution in [-0.2, 0) is 17.2 Å². The van der Waals surface area contributed by atoms with Crippen LogP contribution in [0.5, 0.6) is 5.88 Å². The number of fused-ring (bicyclic) bond motifs is 7. The predicted molar refractivity (Wildman–Crippen MR) is 160 cm³/mol. The number of guanidine groups is 1. The summed E-state index contributed by atoms with van der Waals surface area (Å²) in [6.45, 7) is 6.76. The van der Waals surface area contributed by atoms with Gasteiger partial charge >= 0.3 is 0 Å². The van der Waals surface area contributed by atoms with Crippen LogP contribution in [0, 0.1) is 12.8 Å². The Morgan fingerprint density at radius 1 is 1.18 bits per heavy atom. The summed E-state index contributed by atoms with van der Waals surface area (Å²) in [6, 6.07) is 9.41. The Morgan fingerprint density at radius 3 is 2.83 bits per heavy atom. The van der Waals surface area contributed by atoms with Gasteiger partial charge in [-0.15, -0.1) is 0 Å². The van der Waals surface area contributed by atoms with Crippen molar-refractivity contribution < 1.29 is 13.7 Å². The molecule has 212 valence electrons. The summed E-state index contributed by atoms with van der Waals surface area (Å²) in [5.74, 6) is 2.30. The molecule has 1 fully saturated rings. The van der Waals surface area contributed by atoms with E-state index in [-0.39, 0.29) is 11.8 Å². The molecule has 3 aliphatic rings. The number of nitrogens with zero attached hydrogens (tertiary/aromatic N) is 5. The van der Waals surface area contributed by atoms with E-state index >= 15 is 0 Å². The van der Waals surface area contributed by atoms with Crippen molar-refractivity contribution in [2.24, 2.45) is 18.0 Å². The molecule has 1 saturated heterocycles. The number of anilines is 3. The lowest BCUT2D eigenvalue weighted by molar-refractivity contribution is 0.100. The van der Waals surface area contributed by atoms with Gasteiger partial charge in [0.25, 0.3) is 5.91 Å². The van der Waals surface area contributed by atoms with E-state index in [2.05, 4.69) is 42.3 Å². The van der Waals surface area contributed by atoms with Crippen LogP contribution in [-0.4, -0.2) is 68.6 Å². The third-order valence-corrected chi connectivity index (χ3v) is 10.1. The van der Waals surface area contributed by atoms with E-state index in [0.29, 0.717) is 53.4 Å². The number of pyridine rings is 1. The Morgan fingerprint density at radius 2 is 2.00 bits per heavy atom. The molecule has 1 aromatic carbocycles. The lowest BCUT2D eigenvalue weighted by Gasteiger charge is -2.31. The fourth-order valence-corrected chi connectivity index (χ4v) is 7.57. The number of aryl methyl sites for hydroxylation is 2. The number of thiol groups is 1. The molecule has 0 saturated carbocycles. The number of carbonyl (C=O) groups is 1. The SMILES string of the molecule is Cc1cc2cc(n1)-c1cnn(C)c1OCCCC(C)CN1/C(=N/C2=O)Nc2ccc(N[SH]3(=O)CCNCC3)cc21. The van der Waals surface area contributed by atoms with Crippen molar-refractivity contribution in [2.75, 3.05) is 52.7 Å². The van der Waals surface area contributed by atoms with Crippen LogP contribution >= 0.6 is 0 Å². The first-order valence-electron chi connectivity index (χ1n) is 13.8. The molecule has 6 rings (SSSR count). The molecular weight excluding hydrogens is 528 g/mol. The predicted octanol–water partition coefficient (Wildman–Crippen LogP) is 2.97. The number of amides is 1. The quantitative estimate of drug-likeness (QED) is 0.350. The standard InChI is InChI=1S/C28H36N8O3S/c1-18-5-4-10-39-27-22(16-30-35(27)3)24-14-20(13-19(2)31-24)26(37)33-28-32-23-7-6-21(15-25(23)36(28)17-18)34-40(38)11-8-29-9-12-40/h6-7,13-16,18,29,40H,4-5,8-12,17H2,1-3H3,(H,34,38)(H,32,33,37). The van der Waals surface area contributed by atoms with Crippen molar-refractivity contribution >= 4 is 39.0 Å². The van der Waals surface area contributed by atoms with E-state index in [1.807, 2.05) is 32.2 Å². The lowest BCUT2D eigenvalue weighted by atomic mass is 10.1. The third-order valence-electron chi connectivity index (χ3n) is 7.57. The van der Waals surface area contributed by atoms with Gasteiger partial charge in [-0.05, 0) is 66.1 Å². The van der Waals surface area contributed by atoms with Crippen LogP contribution in [0.15, 0.2) is 41.5 Å². The van der Waals surface area contributed by atoms with Crippen molar-refractivity contribution in [3.8, 4) is 17.1 Å². The number of benzene rings is 1. The minimum atomic E-state index is -2.49. The van der Waals surface area contributed by atoms with Gasteiger partial charge in [0.2, 0.25) is 11.8 Å². The minimum Gasteiger partial charge on any atom is -0.477 e. The van der Waals surface area contributed by atoms with Crippen LogP contribution in [0.4, 0.5) is 17.1 Å². The Bertz CT molecular complexity index is 1520. The van der Waals surface area contributed by atoms with Crippen molar-refractivity contribution in [2.45, 2.75) is 26.7 Å². The largest absolute Gasteiger partial charge is 0.477 e. The fraction of sp³-hybridized carbons (Fsp3) is 0.429. The highest BCUT2D eigenvalue weighted by Crippen LogP contribution is 2.37. The smallest absolute Gasteiger partial charge is 0.280 e. The van der Waals surface area contributed by atoms with E-state index in [1.165, 1.54) is 0 Å². The molecule has 5 heterocycles. The Kier molecular flexibility index (Phi) is 7.05. The number of hydrogen-bond acceptors (Lipinski definition) is 8. The average Bonchev–Trinajstić information content (AvgIpc) is 3.45. The summed E-state index contributed by atoms with van der Waals surface area (Å²) in [6.07, 6.45) is 3.50. The molecule has 2 aromatic heterocycles. The molecular formula is C28H36N8O3S. The summed E-state index contributed by atoms with van der Waals surface area (Å²) in [5.41, 5.74) is 5.11. The van der Waals surface area contributed by atoms with Crippen LogP contribution in [0.25, 0.3) is 11.3 Å². The summed E-state index contributed by atoms with van der Waals surface area (Å²) in [7, 11) is -0.653. The Hall–Kier alpha value is -3.77. The molecule has 1 amide bonds. The Labute approximate surface area is 235 Å². The summed E-state index contributed by atoms with van der Waals surface area (Å²) in [5, 5.41) is 11.0. The molecule has 3 aromatic rings. The average molecular weight is 565 g/mol. The van der Waals surface area contributed by atoms with Crippen molar-refractivity contribution in [1.82, 2.24) is 20.1 Å². The molecule has 0 radical (unpaired) electrons. The van der Waals surface area contributed by atoms with Gasteiger partial charge in [0.05, 0.1) is 35.4 Å². The highest BCUT2D eigenvalue weighted by Gasteiger charge is 2.29. The van der Waals surface area contributed by atoms with Crippen LogP contribution in [0.2, 0.25) is 0 Å². The topological polar surface area (TPSA) is 126 Å². The molecule has 2 bridgehead atoms. The molecule has 3 N–H and O–H groups in total. The number of aromatic nitrogens is 3. The van der Waals surface area contributed by atoms with Gasteiger partial charge in [0, 0.05) is 55.1 Å². The number of carbonyl (C=O) groups excluding carboxylic acids is 1. The molecule has 40 heavy (non-hydrogen) atoms. The van der Waals surface area contributed by atoms with E-state index in [1.54, 1.807) is 23.0 Å². The zero-order valence-electron chi connectivity index (χ0n) is 23.1. The van der Waals surface area contributed by atoms with Crippen LogP contribution in [0.3, 0.4) is 0 Å². The second kappa shape index (κ2) is 10.7. The molecule has 3 aliphatic heterocycles. The van der Waals surface area contributed by atoms with Crippen molar-refractivity contribution in [1.29, 1.82) is 0 Å². The molecule has 11 nitrogen and oxygen atoms in total. The normalized spacial score (nSPS) is 22.7. The number of ether oxygens (including phenoxy) is 1. The van der Waals surface area contributed by atoms with Gasteiger partial charge in [-0.3, -0.25) is 14.0 Å². The van der Waals surface area contributed by atoms with Crippen LogP contribution in [0.1, 0.15) is 35.8 Å². The highest BCUT2D eigenvalue weighted by atomic mass is 32.3. The molecule has 0 aliphatic carbocycles. The second-order valence-electron chi connectivity index (χ2n) is 10.9. The Balaban J connectivity index is 1.37. The third kappa shape index (κ3) is 5.33. The van der Waals surface area contributed by atoms with Crippen LogP contribution < -0.4 is 25.0 Å². The first-order chi connectivity index (χ1) is 19.3. The lowest BCUT2D eigenvalue weighted by Crippen LogP contribution is -2.44. The van der Waals surface area contributed by atoms with Crippen molar-refractivity contribution in [3.05, 3.63) is 47.8 Å². The van der Waals surface area contributed by atoms with E-state index in [4.69, 9.17) is 4.74 Å². The maximum absolute atomic E-state index is 13.5. The first-order valence-corrected chi connectivity index (χ1v) is 15.9. The molecule has 12 heteroatoms. The van der Waals surface area contributed by atoms with Gasteiger partial charge in [0.1, 0.15) is 0 Å². The second-order valence-corrected chi connectivity index (χ2v) is 13.8. The van der Waals surface area contributed by atoms with Gasteiger partial charge < -0.3 is 25.0 Å². The summed E-state index contributed by atoms with van der Waals surface area (Å²) < 4.78 is 24.6. The summed E-state index contributed by atoms with van der Waals surface area (Å²) in [4.78, 5) is 24.8. The fourth-order valence-electron chi connectivity index (χ4n) is 5.48. The number of nitrogens with one attached hydrogen (secondary N) is 3. The first kappa shape index (κ1) is 26.5. The number of hydrogen-bond donors (Lipinski definition) is 4. The number of aliphatic imine (C=N–C) groups is 1. The molecule has 1 unspecified atom stereocenters. The highest BCUT2D eigenvalue weighted by molar-refractivity contribution is 8.04.